The first-order chi connectivity index (χ1) is 11.1. The van der Waals surface area contributed by atoms with Crippen LogP contribution in [0.5, 0.6) is 0 Å². The molecule has 24 heavy (non-hydrogen) atoms. The van der Waals surface area contributed by atoms with Gasteiger partial charge < -0.3 is 9.47 Å². The van der Waals surface area contributed by atoms with Crippen LogP contribution in [0.1, 0.15) is 26.7 Å². The molecule has 0 radical (unpaired) electrons. The van der Waals surface area contributed by atoms with E-state index in [0.717, 1.165) is 41.3 Å². The van der Waals surface area contributed by atoms with E-state index in [2.05, 4.69) is 18.7 Å². The van der Waals surface area contributed by atoms with Gasteiger partial charge in [0.15, 0.2) is 4.90 Å². The molecule has 1 fully saturated rings. The summed E-state index contributed by atoms with van der Waals surface area (Å²) in [6.45, 7) is 5.89. The molecule has 2 heterocycles. The Balaban J connectivity index is 2.32. The van der Waals surface area contributed by atoms with E-state index in [4.69, 9.17) is 0 Å². The van der Waals surface area contributed by atoms with Crippen LogP contribution in [0, 0.1) is 0 Å². The van der Waals surface area contributed by atoms with Gasteiger partial charge in [-0.25, -0.2) is 13.2 Å². The summed E-state index contributed by atoms with van der Waals surface area (Å²) >= 11 is 0. The molecule has 1 saturated heterocycles. The zero-order valence-corrected chi connectivity index (χ0v) is 15.7. The molecule has 0 aliphatic carbocycles. The second kappa shape index (κ2) is 6.81. The molecule has 0 saturated carbocycles. The molecule has 0 aromatic carbocycles. The minimum Gasteiger partial charge on any atom is -0.302 e. The highest BCUT2D eigenvalue weighted by atomic mass is 32.2. The number of piperidine rings is 1. The van der Waals surface area contributed by atoms with Crippen LogP contribution in [0.4, 0.5) is 0 Å². The Kier molecular flexibility index (Phi) is 5.36. The Morgan fingerprint density at radius 2 is 1.71 bits per heavy atom. The second-order valence-corrected chi connectivity index (χ2v) is 8.60. The lowest BCUT2D eigenvalue weighted by Crippen LogP contribution is -2.49. The third kappa shape index (κ3) is 3.33. The normalized spacial score (nSPS) is 17.8. The first-order valence-corrected chi connectivity index (χ1v) is 9.50. The highest BCUT2D eigenvalue weighted by Gasteiger charge is 2.33. The lowest BCUT2D eigenvalue weighted by Gasteiger charge is -2.37. The minimum atomic E-state index is -3.95. The molecule has 1 aliphatic rings. The standard InChI is InChI=1S/C15H26N4O4S/c1-11(2)19-8-6-12(7-9-19)18(5)24(22,23)13-10-16(3)15(21)17(4)14(13)20/h10-12H,6-9H2,1-5H3. The molecule has 0 spiro atoms. The van der Waals surface area contributed by atoms with Gasteiger partial charge in [0.1, 0.15) is 0 Å². The van der Waals surface area contributed by atoms with Gasteiger partial charge >= 0.3 is 5.69 Å². The van der Waals surface area contributed by atoms with Gasteiger partial charge in [0.2, 0.25) is 10.0 Å². The van der Waals surface area contributed by atoms with Gasteiger partial charge in [0.05, 0.1) is 0 Å². The average Bonchev–Trinajstić information content (AvgIpc) is 2.55. The van der Waals surface area contributed by atoms with E-state index < -0.39 is 21.3 Å². The summed E-state index contributed by atoms with van der Waals surface area (Å²) in [4.78, 5) is 26.0. The molecule has 1 aliphatic heterocycles. The topological polar surface area (TPSA) is 84.6 Å². The third-order valence-electron chi connectivity index (χ3n) is 4.82. The summed E-state index contributed by atoms with van der Waals surface area (Å²) in [6.07, 6.45) is 2.56. The number of hydrogen-bond donors (Lipinski definition) is 0. The van der Waals surface area contributed by atoms with E-state index >= 15 is 0 Å². The van der Waals surface area contributed by atoms with Gasteiger partial charge in [0, 0.05) is 39.4 Å². The van der Waals surface area contributed by atoms with Crippen molar-refractivity contribution in [3.8, 4) is 0 Å². The van der Waals surface area contributed by atoms with E-state index in [1.807, 2.05) is 0 Å². The smallest absolute Gasteiger partial charge is 0.302 e. The summed E-state index contributed by atoms with van der Waals surface area (Å²) < 4.78 is 29.0. The largest absolute Gasteiger partial charge is 0.330 e. The third-order valence-corrected chi connectivity index (χ3v) is 6.71. The first kappa shape index (κ1) is 18.9. The zero-order valence-electron chi connectivity index (χ0n) is 14.9. The highest BCUT2D eigenvalue weighted by molar-refractivity contribution is 7.89. The molecule has 0 amide bonds. The number of hydrogen-bond acceptors (Lipinski definition) is 5. The van der Waals surface area contributed by atoms with Gasteiger partial charge in [0.25, 0.3) is 5.56 Å². The van der Waals surface area contributed by atoms with Gasteiger partial charge in [-0.2, -0.15) is 4.31 Å². The zero-order chi connectivity index (χ0) is 18.2. The molecule has 0 unspecified atom stereocenters. The molecule has 0 bridgehead atoms. The van der Waals surface area contributed by atoms with Gasteiger partial charge in [-0.1, -0.05) is 0 Å². The molecule has 0 atom stereocenters. The summed E-state index contributed by atoms with van der Waals surface area (Å²) in [5, 5.41) is 0. The van der Waals surface area contributed by atoms with Crippen molar-refractivity contribution < 1.29 is 8.42 Å². The second-order valence-electron chi connectivity index (χ2n) is 6.63. The van der Waals surface area contributed by atoms with Crippen molar-refractivity contribution in [3.05, 3.63) is 27.0 Å². The maximum Gasteiger partial charge on any atom is 0.330 e. The van der Waals surface area contributed by atoms with Gasteiger partial charge in [-0.15, -0.1) is 0 Å². The van der Waals surface area contributed by atoms with Crippen LogP contribution in [0.15, 0.2) is 20.7 Å². The Morgan fingerprint density at radius 3 is 2.21 bits per heavy atom. The predicted molar refractivity (Wildman–Crippen MR) is 91.6 cm³/mol. The molecule has 0 N–H and O–H groups in total. The van der Waals surface area contributed by atoms with Crippen molar-refractivity contribution in [1.29, 1.82) is 0 Å². The fourth-order valence-electron chi connectivity index (χ4n) is 3.07. The summed E-state index contributed by atoms with van der Waals surface area (Å²) in [5.74, 6) is 0. The number of nitrogens with zero attached hydrogens (tertiary/aromatic N) is 4. The molecule has 2 rings (SSSR count). The molecule has 1 aromatic heterocycles. The Hall–Kier alpha value is -1.45. The number of sulfonamides is 1. The number of aromatic nitrogens is 2. The molecule has 1 aromatic rings. The van der Waals surface area contributed by atoms with E-state index in [9.17, 15) is 18.0 Å². The Bertz CT molecular complexity index is 817. The summed E-state index contributed by atoms with van der Waals surface area (Å²) in [6, 6.07) is 0.288. The molecule has 136 valence electrons. The lowest BCUT2D eigenvalue weighted by molar-refractivity contribution is 0.140. The highest BCUT2D eigenvalue weighted by Crippen LogP contribution is 2.21. The van der Waals surface area contributed by atoms with Crippen molar-refractivity contribution in [1.82, 2.24) is 18.3 Å². The van der Waals surface area contributed by atoms with E-state index in [1.165, 1.54) is 25.4 Å². The maximum atomic E-state index is 12.9. The van der Waals surface area contributed by atoms with Crippen molar-refractivity contribution >= 4 is 10.0 Å². The summed E-state index contributed by atoms with van der Waals surface area (Å²) in [5.41, 5.74) is -1.34. The van der Waals surface area contributed by atoms with Crippen molar-refractivity contribution in [2.75, 3.05) is 20.1 Å². The van der Waals surface area contributed by atoms with Gasteiger partial charge in [-0.3, -0.25) is 9.36 Å². The van der Waals surface area contributed by atoms with Crippen LogP contribution in [0.25, 0.3) is 0 Å². The van der Waals surface area contributed by atoms with Crippen molar-refractivity contribution in [2.24, 2.45) is 14.1 Å². The monoisotopic (exact) mass is 358 g/mol. The quantitative estimate of drug-likeness (QED) is 0.730. The predicted octanol–water partition coefficient (Wildman–Crippen LogP) is -0.423. The van der Waals surface area contributed by atoms with Crippen LogP contribution in [-0.2, 0) is 24.1 Å². The number of aryl methyl sites for hydroxylation is 1. The Morgan fingerprint density at radius 1 is 1.17 bits per heavy atom. The summed E-state index contributed by atoms with van der Waals surface area (Å²) in [7, 11) is 0.277. The van der Waals surface area contributed by atoms with Crippen LogP contribution >= 0.6 is 0 Å². The minimum absolute atomic E-state index is 0.146. The van der Waals surface area contributed by atoms with Crippen LogP contribution in [0.3, 0.4) is 0 Å². The van der Waals surface area contributed by atoms with Gasteiger partial charge in [-0.05, 0) is 39.8 Å². The molecular weight excluding hydrogens is 332 g/mol. The molecule has 8 nitrogen and oxygen atoms in total. The van der Waals surface area contributed by atoms with E-state index in [-0.39, 0.29) is 10.9 Å². The molecular formula is C15H26N4O4S. The maximum absolute atomic E-state index is 12.9. The Labute approximate surface area is 142 Å². The lowest BCUT2D eigenvalue weighted by atomic mass is 10.0. The van der Waals surface area contributed by atoms with Crippen molar-refractivity contribution in [2.45, 2.75) is 43.7 Å². The van der Waals surface area contributed by atoms with E-state index in [1.54, 1.807) is 0 Å². The van der Waals surface area contributed by atoms with Crippen molar-refractivity contribution in [3.63, 3.8) is 0 Å². The fourth-order valence-corrected chi connectivity index (χ4v) is 4.63. The fraction of sp³-hybridized carbons (Fsp3) is 0.733. The van der Waals surface area contributed by atoms with Crippen LogP contribution in [0.2, 0.25) is 0 Å². The molecule has 9 heteroatoms. The SMILES string of the molecule is CC(C)N1CCC(N(C)S(=O)(=O)c2cn(C)c(=O)n(C)c2=O)CC1. The average molecular weight is 358 g/mol. The van der Waals surface area contributed by atoms with Crippen LogP contribution in [-0.4, -0.2) is 59.0 Å². The van der Waals surface area contributed by atoms with E-state index in [0.29, 0.717) is 6.04 Å². The number of likely N-dealkylation sites (tertiary alicyclic amines) is 1. The van der Waals surface area contributed by atoms with Crippen LogP contribution < -0.4 is 11.2 Å². The number of rotatable bonds is 4. The first-order valence-electron chi connectivity index (χ1n) is 8.06.